The molecule has 5 heteroatoms. The molecule has 0 fully saturated rings. The standard InChI is InChI=1S/C11H17ClN2O2/c1-5-7(2)6-13-10(15)8(3)9(4)14(12)11(13)16/h7H,5-6H2,1-4H3. The summed E-state index contributed by atoms with van der Waals surface area (Å²) in [6.45, 7) is 7.79. The van der Waals surface area contributed by atoms with E-state index in [-0.39, 0.29) is 11.5 Å². The number of hydrogen-bond acceptors (Lipinski definition) is 2. The zero-order valence-corrected chi connectivity index (χ0v) is 10.8. The molecule has 0 amide bonds. The van der Waals surface area contributed by atoms with Crippen molar-refractivity contribution in [3.8, 4) is 0 Å². The molecule has 16 heavy (non-hydrogen) atoms. The van der Waals surface area contributed by atoms with E-state index in [9.17, 15) is 9.59 Å². The molecule has 1 heterocycles. The van der Waals surface area contributed by atoms with Crippen LogP contribution in [0.3, 0.4) is 0 Å². The van der Waals surface area contributed by atoms with Gasteiger partial charge in [0.1, 0.15) is 0 Å². The Morgan fingerprint density at radius 3 is 2.38 bits per heavy atom. The summed E-state index contributed by atoms with van der Waals surface area (Å²) >= 11 is 5.83. The van der Waals surface area contributed by atoms with Gasteiger partial charge in [-0.25, -0.2) is 8.88 Å². The fourth-order valence-corrected chi connectivity index (χ4v) is 1.66. The molecule has 0 spiro atoms. The van der Waals surface area contributed by atoms with Crippen molar-refractivity contribution >= 4 is 11.8 Å². The van der Waals surface area contributed by atoms with Gasteiger partial charge in [0.15, 0.2) is 0 Å². The van der Waals surface area contributed by atoms with Gasteiger partial charge in [-0.15, -0.1) is 0 Å². The second-order valence-corrected chi connectivity index (χ2v) is 4.54. The van der Waals surface area contributed by atoms with Crippen molar-refractivity contribution in [2.24, 2.45) is 5.92 Å². The Hall–Kier alpha value is -1.03. The van der Waals surface area contributed by atoms with Gasteiger partial charge >= 0.3 is 5.69 Å². The lowest BCUT2D eigenvalue weighted by atomic mass is 10.1. The highest BCUT2D eigenvalue weighted by Gasteiger charge is 2.13. The smallest absolute Gasteiger partial charge is 0.269 e. The Morgan fingerprint density at radius 1 is 1.31 bits per heavy atom. The minimum atomic E-state index is -0.449. The lowest BCUT2D eigenvalue weighted by molar-refractivity contribution is 0.442. The molecule has 90 valence electrons. The highest BCUT2D eigenvalue weighted by Crippen LogP contribution is 2.04. The molecule has 0 aromatic carbocycles. The summed E-state index contributed by atoms with van der Waals surface area (Å²) in [6, 6.07) is 0. The molecule has 1 unspecified atom stereocenters. The van der Waals surface area contributed by atoms with Gasteiger partial charge in [-0.2, -0.15) is 0 Å². The van der Waals surface area contributed by atoms with Crippen LogP contribution in [0.1, 0.15) is 31.5 Å². The Kier molecular flexibility index (Phi) is 3.97. The van der Waals surface area contributed by atoms with E-state index in [0.717, 1.165) is 10.5 Å². The largest absolute Gasteiger partial charge is 0.346 e. The Balaban J connectivity index is 3.41. The molecule has 0 aliphatic carbocycles. The van der Waals surface area contributed by atoms with Crippen molar-refractivity contribution in [2.45, 2.75) is 40.7 Å². The van der Waals surface area contributed by atoms with Crippen LogP contribution in [0.25, 0.3) is 0 Å². The molecular formula is C11H17ClN2O2. The topological polar surface area (TPSA) is 44.0 Å². The van der Waals surface area contributed by atoms with Gasteiger partial charge in [0.25, 0.3) is 5.56 Å². The summed E-state index contributed by atoms with van der Waals surface area (Å²) in [6.07, 6.45) is 0.918. The summed E-state index contributed by atoms with van der Waals surface area (Å²) in [5.41, 5.74) is 0.352. The predicted octanol–water partition coefficient (Wildman–Crippen LogP) is 1.67. The molecule has 4 nitrogen and oxygen atoms in total. The molecule has 0 N–H and O–H groups in total. The number of hydrogen-bond donors (Lipinski definition) is 0. The van der Waals surface area contributed by atoms with E-state index in [4.69, 9.17) is 11.8 Å². The molecule has 0 saturated carbocycles. The van der Waals surface area contributed by atoms with Gasteiger partial charge < -0.3 is 0 Å². The van der Waals surface area contributed by atoms with Crippen molar-refractivity contribution < 1.29 is 0 Å². The van der Waals surface area contributed by atoms with Crippen LogP contribution in [0.2, 0.25) is 0 Å². The minimum Gasteiger partial charge on any atom is -0.269 e. The molecule has 0 radical (unpaired) electrons. The summed E-state index contributed by atoms with van der Waals surface area (Å²) in [7, 11) is 0. The minimum absolute atomic E-state index is 0.236. The van der Waals surface area contributed by atoms with Crippen LogP contribution in [0.5, 0.6) is 0 Å². The third-order valence-corrected chi connectivity index (χ3v) is 3.39. The molecule has 1 rings (SSSR count). The highest BCUT2D eigenvalue weighted by molar-refractivity contribution is 6.15. The third kappa shape index (κ3) is 2.21. The molecule has 1 atom stereocenters. The summed E-state index contributed by atoms with van der Waals surface area (Å²) in [5.74, 6) is 0.282. The molecule has 1 aromatic heterocycles. The van der Waals surface area contributed by atoms with Crippen molar-refractivity contribution in [3.63, 3.8) is 0 Å². The van der Waals surface area contributed by atoms with Gasteiger partial charge in [0.05, 0.1) is 0 Å². The van der Waals surface area contributed by atoms with Crippen LogP contribution >= 0.6 is 11.8 Å². The quantitative estimate of drug-likeness (QED) is 0.812. The maximum Gasteiger partial charge on any atom is 0.346 e. The third-order valence-electron chi connectivity index (χ3n) is 2.99. The normalized spacial score (nSPS) is 12.8. The number of halogens is 1. The van der Waals surface area contributed by atoms with Crippen LogP contribution < -0.4 is 11.2 Å². The monoisotopic (exact) mass is 244 g/mol. The van der Waals surface area contributed by atoms with Crippen LogP contribution in [-0.4, -0.2) is 8.65 Å². The van der Waals surface area contributed by atoms with E-state index in [1.807, 2.05) is 13.8 Å². The van der Waals surface area contributed by atoms with Crippen LogP contribution in [0.15, 0.2) is 9.59 Å². The predicted molar refractivity (Wildman–Crippen MR) is 65.1 cm³/mol. The lowest BCUT2D eigenvalue weighted by Crippen LogP contribution is -2.41. The molecule has 0 saturated heterocycles. The Bertz CT molecular complexity index is 465. The van der Waals surface area contributed by atoms with Crippen LogP contribution in [0.4, 0.5) is 0 Å². The Labute approximate surface area is 99.6 Å². The summed E-state index contributed by atoms with van der Waals surface area (Å²) < 4.78 is 2.22. The number of aromatic nitrogens is 2. The first-order valence-corrected chi connectivity index (χ1v) is 5.73. The fraction of sp³-hybridized carbons (Fsp3) is 0.636. The van der Waals surface area contributed by atoms with Gasteiger partial charge in [-0.3, -0.25) is 9.36 Å². The van der Waals surface area contributed by atoms with Gasteiger partial charge in [-0.1, -0.05) is 20.3 Å². The SMILES string of the molecule is CCC(C)Cn1c(=O)c(C)c(C)n(Cl)c1=O. The van der Waals surface area contributed by atoms with E-state index in [1.165, 1.54) is 4.57 Å². The first kappa shape index (κ1) is 13.0. The van der Waals surface area contributed by atoms with E-state index in [1.54, 1.807) is 13.8 Å². The average molecular weight is 245 g/mol. The van der Waals surface area contributed by atoms with Gasteiger partial charge in [-0.05, 0) is 19.8 Å². The van der Waals surface area contributed by atoms with Crippen molar-refractivity contribution in [3.05, 3.63) is 32.1 Å². The van der Waals surface area contributed by atoms with Gasteiger partial charge in [0, 0.05) is 29.6 Å². The first-order valence-electron chi connectivity index (χ1n) is 5.39. The van der Waals surface area contributed by atoms with E-state index >= 15 is 0 Å². The van der Waals surface area contributed by atoms with E-state index in [2.05, 4.69) is 0 Å². The van der Waals surface area contributed by atoms with E-state index in [0.29, 0.717) is 17.8 Å². The van der Waals surface area contributed by atoms with Gasteiger partial charge in [0.2, 0.25) is 0 Å². The molecule has 1 aromatic rings. The maximum atomic E-state index is 11.9. The second-order valence-electron chi connectivity index (χ2n) is 4.20. The Morgan fingerprint density at radius 2 is 1.88 bits per heavy atom. The molecule has 0 bridgehead atoms. The molecule has 0 aliphatic heterocycles. The van der Waals surface area contributed by atoms with Crippen LogP contribution in [0, 0.1) is 19.8 Å². The molecular weight excluding hydrogens is 228 g/mol. The van der Waals surface area contributed by atoms with Crippen LogP contribution in [-0.2, 0) is 6.54 Å². The zero-order chi connectivity index (χ0) is 12.5. The van der Waals surface area contributed by atoms with E-state index < -0.39 is 5.69 Å². The summed E-state index contributed by atoms with van der Waals surface area (Å²) in [5, 5.41) is 0. The zero-order valence-electron chi connectivity index (χ0n) is 10.1. The fourth-order valence-electron chi connectivity index (χ4n) is 1.44. The maximum absolute atomic E-state index is 11.9. The first-order chi connectivity index (χ1) is 7.40. The summed E-state index contributed by atoms with van der Waals surface area (Å²) in [4.78, 5) is 23.7. The highest BCUT2D eigenvalue weighted by atomic mass is 35.5. The number of nitrogens with zero attached hydrogens (tertiary/aromatic N) is 2. The van der Waals surface area contributed by atoms with Crippen molar-refractivity contribution in [1.82, 2.24) is 8.65 Å². The van der Waals surface area contributed by atoms with Crippen molar-refractivity contribution in [1.29, 1.82) is 0 Å². The second kappa shape index (κ2) is 4.87. The molecule has 0 aliphatic rings. The van der Waals surface area contributed by atoms with Crippen molar-refractivity contribution in [2.75, 3.05) is 0 Å². The average Bonchev–Trinajstić information content (AvgIpc) is 2.29. The number of rotatable bonds is 3. The lowest BCUT2D eigenvalue weighted by Gasteiger charge is -2.13.